The fourth-order valence-electron chi connectivity index (χ4n) is 3.30. The fourth-order valence-corrected chi connectivity index (χ4v) is 3.30. The molecule has 2 aromatic rings. The van der Waals surface area contributed by atoms with E-state index < -0.39 is 30.4 Å². The molecule has 4 atom stereocenters. The van der Waals surface area contributed by atoms with Crippen LogP contribution in [0.1, 0.15) is 24.9 Å². The van der Waals surface area contributed by atoms with E-state index in [1.54, 1.807) is 7.05 Å². The molecule has 2 aliphatic rings. The molecule has 1 saturated carbocycles. The van der Waals surface area contributed by atoms with E-state index in [0.717, 1.165) is 12.8 Å². The van der Waals surface area contributed by atoms with Crippen LogP contribution in [0.3, 0.4) is 0 Å². The van der Waals surface area contributed by atoms with Crippen LogP contribution in [0.15, 0.2) is 6.33 Å². The minimum atomic E-state index is -1.42. The van der Waals surface area contributed by atoms with Crippen molar-refractivity contribution in [2.45, 2.75) is 43.4 Å². The first kappa shape index (κ1) is 21.8. The Hall–Kier alpha value is -3.47. The molecule has 2 fully saturated rings. The van der Waals surface area contributed by atoms with Gasteiger partial charge in [-0.2, -0.15) is 0 Å². The summed E-state index contributed by atoms with van der Waals surface area (Å²) in [5.41, 5.74) is 6.47. The van der Waals surface area contributed by atoms with E-state index in [9.17, 15) is 19.8 Å². The highest BCUT2D eigenvalue weighted by Crippen LogP contribution is 2.32. The smallest absolute Gasteiger partial charge is 0.317 e. The van der Waals surface area contributed by atoms with Crippen LogP contribution in [-0.2, 0) is 9.53 Å². The average molecular weight is 444 g/mol. The van der Waals surface area contributed by atoms with Crippen molar-refractivity contribution in [3.63, 3.8) is 0 Å². The van der Waals surface area contributed by atoms with Crippen LogP contribution >= 0.6 is 0 Å². The fraction of sp³-hybridized carbons (Fsp3) is 0.526. The number of imidazole rings is 1. The Balaban J connectivity index is 1.58. The van der Waals surface area contributed by atoms with Crippen LogP contribution in [0, 0.1) is 11.8 Å². The lowest BCUT2D eigenvalue weighted by atomic mass is 10.1. The Morgan fingerprint density at radius 1 is 1.34 bits per heavy atom. The number of carbonyl (C=O) groups excluding carboxylic acids is 2. The normalized spacial score (nSPS) is 24.6. The van der Waals surface area contributed by atoms with E-state index in [-0.39, 0.29) is 41.4 Å². The number of nitrogens with two attached hydrogens (primary N) is 1. The van der Waals surface area contributed by atoms with Crippen molar-refractivity contribution < 1.29 is 24.5 Å². The molecule has 1 aliphatic carbocycles. The van der Waals surface area contributed by atoms with Gasteiger partial charge in [0.1, 0.15) is 17.7 Å². The number of fused-ring (bicyclic) bond motifs is 1. The number of rotatable bonds is 4. The van der Waals surface area contributed by atoms with Gasteiger partial charge in [0.2, 0.25) is 5.82 Å². The number of nitrogens with zero attached hydrogens (tertiary/aromatic N) is 5. The number of hydrogen-bond donors (Lipinski definition) is 5. The Morgan fingerprint density at radius 2 is 2.09 bits per heavy atom. The van der Waals surface area contributed by atoms with Gasteiger partial charge in [-0.1, -0.05) is 5.92 Å². The Kier molecular flexibility index (Phi) is 5.83. The van der Waals surface area contributed by atoms with Crippen molar-refractivity contribution >= 4 is 28.9 Å². The van der Waals surface area contributed by atoms with Gasteiger partial charge in [0.05, 0.1) is 12.9 Å². The summed E-state index contributed by atoms with van der Waals surface area (Å²) >= 11 is 0. The molecule has 170 valence electrons. The van der Waals surface area contributed by atoms with E-state index in [1.807, 2.05) is 0 Å². The first-order valence-corrected chi connectivity index (χ1v) is 10.0. The van der Waals surface area contributed by atoms with Gasteiger partial charge in [-0.05, 0) is 18.8 Å². The summed E-state index contributed by atoms with van der Waals surface area (Å²) in [7, 11) is 3.10. The van der Waals surface area contributed by atoms with E-state index in [0.29, 0.717) is 0 Å². The molecule has 1 saturated heterocycles. The average Bonchev–Trinajstić information content (AvgIpc) is 3.40. The van der Waals surface area contributed by atoms with Crippen molar-refractivity contribution in [1.29, 1.82) is 0 Å². The first-order valence-electron chi connectivity index (χ1n) is 10.0. The Labute approximate surface area is 183 Å². The predicted molar refractivity (Wildman–Crippen MR) is 111 cm³/mol. The van der Waals surface area contributed by atoms with E-state index in [2.05, 4.69) is 37.4 Å². The maximum absolute atomic E-state index is 12.4. The van der Waals surface area contributed by atoms with Gasteiger partial charge in [-0.3, -0.25) is 9.36 Å². The second kappa shape index (κ2) is 8.58. The molecule has 0 spiro atoms. The summed E-state index contributed by atoms with van der Waals surface area (Å²) in [5, 5.41) is 26.1. The van der Waals surface area contributed by atoms with Crippen molar-refractivity contribution in [2.75, 3.05) is 26.4 Å². The lowest BCUT2D eigenvalue weighted by Gasteiger charge is -2.16. The van der Waals surface area contributed by atoms with Crippen LogP contribution in [0.5, 0.6) is 0 Å². The van der Waals surface area contributed by atoms with E-state index in [1.165, 1.54) is 22.8 Å². The maximum atomic E-state index is 12.4. The van der Waals surface area contributed by atoms with Gasteiger partial charge in [0, 0.05) is 20.1 Å². The molecule has 0 radical (unpaired) electrons. The highest BCUT2D eigenvalue weighted by molar-refractivity contribution is 5.83. The van der Waals surface area contributed by atoms with Crippen molar-refractivity contribution in [2.24, 2.45) is 0 Å². The molecule has 6 N–H and O–H groups in total. The molecule has 13 nitrogen and oxygen atoms in total. The molecular formula is C19H24N8O5. The van der Waals surface area contributed by atoms with Crippen LogP contribution in [-0.4, -0.2) is 91.6 Å². The zero-order valence-electron chi connectivity index (χ0n) is 17.5. The number of nitrogen functional groups attached to an aromatic ring is 1. The second-order valence-corrected chi connectivity index (χ2v) is 7.68. The number of urea groups is 1. The van der Waals surface area contributed by atoms with Crippen molar-refractivity contribution in [3.8, 4) is 11.8 Å². The number of nitrogens with one attached hydrogen (secondary N) is 2. The number of anilines is 1. The maximum Gasteiger partial charge on any atom is 0.317 e. The standard InChI is InChI=1S/C19H24N8O5/c1-21-19(31)26(2)7-3-4-10-24-15(20)11-16(25-10)27(8-22-11)18-13(29)12(28)14(32-18)17(30)23-9-5-6-9/h8-9,12-14,18,28-29H,5-7H2,1-2H3,(H,21,31)(H,23,30)(H2,20,24,25)/t12?,13?,14-,18+/m0/s1. The lowest BCUT2D eigenvalue weighted by molar-refractivity contribution is -0.137. The number of amides is 3. The molecule has 4 rings (SSSR count). The predicted octanol–water partition coefficient (Wildman–Crippen LogP) is -2.07. The molecule has 0 aromatic carbocycles. The number of aliphatic hydroxyl groups is 2. The second-order valence-electron chi connectivity index (χ2n) is 7.68. The van der Waals surface area contributed by atoms with E-state index in [4.69, 9.17) is 10.5 Å². The zero-order valence-corrected chi connectivity index (χ0v) is 17.5. The SMILES string of the molecule is CNC(=O)N(C)CC#Cc1nc(N)c2ncn([C@@H]3O[C@H](C(=O)NC4CC4)C(O)C3O)c2n1. The topological polar surface area (TPSA) is 181 Å². The Morgan fingerprint density at radius 3 is 2.78 bits per heavy atom. The number of aromatic nitrogens is 4. The number of aliphatic hydroxyl groups excluding tert-OH is 2. The molecule has 2 aromatic heterocycles. The van der Waals surface area contributed by atoms with Gasteiger partial charge >= 0.3 is 6.03 Å². The van der Waals surface area contributed by atoms with Crippen LogP contribution < -0.4 is 16.4 Å². The summed E-state index contributed by atoms with van der Waals surface area (Å²) in [6, 6.07) is -0.209. The van der Waals surface area contributed by atoms with Crippen LogP contribution in [0.25, 0.3) is 11.2 Å². The zero-order chi connectivity index (χ0) is 23.0. The van der Waals surface area contributed by atoms with Gasteiger partial charge in [-0.15, -0.1) is 0 Å². The molecule has 13 heteroatoms. The molecule has 1 aliphatic heterocycles. The molecule has 3 amide bonds. The monoisotopic (exact) mass is 444 g/mol. The quantitative estimate of drug-likeness (QED) is 0.331. The summed E-state index contributed by atoms with van der Waals surface area (Å²) < 4.78 is 7.06. The summed E-state index contributed by atoms with van der Waals surface area (Å²) in [6.07, 6.45) is -2.05. The molecule has 2 unspecified atom stereocenters. The van der Waals surface area contributed by atoms with Crippen LogP contribution in [0.4, 0.5) is 10.6 Å². The van der Waals surface area contributed by atoms with Gasteiger partial charge in [0.25, 0.3) is 5.91 Å². The highest BCUT2D eigenvalue weighted by Gasteiger charge is 2.48. The van der Waals surface area contributed by atoms with Gasteiger partial charge in [0.15, 0.2) is 23.8 Å². The summed E-state index contributed by atoms with van der Waals surface area (Å²) in [4.78, 5) is 37.9. The molecule has 3 heterocycles. The third-order valence-corrected chi connectivity index (χ3v) is 5.22. The minimum Gasteiger partial charge on any atom is -0.387 e. The van der Waals surface area contributed by atoms with Crippen molar-refractivity contribution in [1.82, 2.24) is 35.1 Å². The largest absolute Gasteiger partial charge is 0.387 e. The van der Waals surface area contributed by atoms with Gasteiger partial charge < -0.3 is 36.2 Å². The third-order valence-electron chi connectivity index (χ3n) is 5.22. The van der Waals surface area contributed by atoms with E-state index >= 15 is 0 Å². The number of hydrogen-bond acceptors (Lipinski definition) is 9. The Bertz CT molecular complexity index is 1100. The molecule has 32 heavy (non-hydrogen) atoms. The van der Waals surface area contributed by atoms with Crippen LogP contribution in [0.2, 0.25) is 0 Å². The third kappa shape index (κ3) is 4.15. The minimum absolute atomic E-state index is 0.0637. The van der Waals surface area contributed by atoms with Gasteiger partial charge in [-0.25, -0.2) is 19.7 Å². The lowest BCUT2D eigenvalue weighted by Crippen LogP contribution is -2.43. The molecular weight excluding hydrogens is 420 g/mol. The first-order chi connectivity index (χ1) is 15.3. The summed E-state index contributed by atoms with van der Waals surface area (Å²) in [6.45, 7) is 0.134. The van der Waals surface area contributed by atoms with Crippen molar-refractivity contribution in [3.05, 3.63) is 12.2 Å². The summed E-state index contributed by atoms with van der Waals surface area (Å²) in [5.74, 6) is 5.19. The highest BCUT2D eigenvalue weighted by atomic mass is 16.6. The number of carbonyl (C=O) groups is 2. The number of ether oxygens (including phenoxy) is 1. The molecule has 0 bridgehead atoms.